The third kappa shape index (κ3) is 5.54. The lowest BCUT2D eigenvalue weighted by Gasteiger charge is -2.12. The van der Waals surface area contributed by atoms with Gasteiger partial charge < -0.3 is 4.74 Å². The van der Waals surface area contributed by atoms with E-state index >= 15 is 0 Å². The van der Waals surface area contributed by atoms with Crippen LogP contribution in [0, 0.1) is 5.92 Å². The summed E-state index contributed by atoms with van der Waals surface area (Å²) in [4.78, 5) is 24.0. The fraction of sp³-hybridized carbons (Fsp3) is 0.444. The number of benzene rings is 1. The first kappa shape index (κ1) is 17.2. The van der Waals surface area contributed by atoms with Crippen LogP contribution in [0.5, 0.6) is 0 Å². The minimum Gasteiger partial charge on any atom is -0.465 e. The Hall–Kier alpha value is -1.90. The van der Waals surface area contributed by atoms with E-state index in [-0.39, 0.29) is 12.2 Å². The van der Waals surface area contributed by atoms with Gasteiger partial charge in [0, 0.05) is 6.42 Å². The predicted molar refractivity (Wildman–Crippen MR) is 84.1 cm³/mol. The van der Waals surface area contributed by atoms with E-state index in [4.69, 9.17) is 4.74 Å². The van der Waals surface area contributed by atoms with Crippen LogP contribution in [0.15, 0.2) is 36.9 Å². The maximum atomic E-state index is 12.3. The van der Waals surface area contributed by atoms with E-state index in [2.05, 4.69) is 6.58 Å². The second-order valence-corrected chi connectivity index (χ2v) is 5.00. The molecule has 114 valence electrons. The van der Waals surface area contributed by atoms with E-state index in [1.165, 1.54) is 5.56 Å². The summed E-state index contributed by atoms with van der Waals surface area (Å²) in [5.74, 6) is -1.13. The number of hydrogen-bond donors (Lipinski definition) is 0. The van der Waals surface area contributed by atoms with Crippen molar-refractivity contribution in [2.75, 3.05) is 6.61 Å². The van der Waals surface area contributed by atoms with Gasteiger partial charge in [-0.05, 0) is 37.3 Å². The second kappa shape index (κ2) is 9.11. The molecule has 0 radical (unpaired) electrons. The van der Waals surface area contributed by atoms with Gasteiger partial charge in [-0.15, -0.1) is 6.58 Å². The minimum absolute atomic E-state index is 0.0724. The van der Waals surface area contributed by atoms with Crippen LogP contribution < -0.4 is 0 Å². The summed E-state index contributed by atoms with van der Waals surface area (Å²) < 4.78 is 4.96. The second-order valence-electron chi connectivity index (χ2n) is 5.00. The summed E-state index contributed by atoms with van der Waals surface area (Å²) in [5.41, 5.74) is 2.13. The molecule has 1 unspecified atom stereocenters. The molecule has 0 saturated carbocycles. The van der Waals surface area contributed by atoms with E-state index in [1.54, 1.807) is 6.92 Å². The van der Waals surface area contributed by atoms with Crippen molar-refractivity contribution in [3.05, 3.63) is 48.0 Å². The van der Waals surface area contributed by atoms with Crippen molar-refractivity contribution in [1.82, 2.24) is 0 Å². The molecule has 0 aliphatic rings. The molecule has 3 heteroatoms. The van der Waals surface area contributed by atoms with Crippen LogP contribution in [-0.4, -0.2) is 18.4 Å². The number of Topliss-reactive ketones (excluding diaryl/α,β-unsaturated/α-hetero) is 1. The molecule has 1 rings (SSSR count). The van der Waals surface area contributed by atoms with Crippen molar-refractivity contribution in [2.45, 2.75) is 39.5 Å². The number of ketones is 1. The molecule has 0 aliphatic carbocycles. The molecule has 0 spiro atoms. The Morgan fingerprint density at radius 3 is 2.62 bits per heavy atom. The Kier molecular flexibility index (Phi) is 7.44. The molecule has 1 aromatic rings. The predicted octanol–water partition coefficient (Wildman–Crippen LogP) is 3.51. The summed E-state index contributed by atoms with van der Waals surface area (Å²) in [6, 6.07) is 7.94. The van der Waals surface area contributed by atoms with E-state index in [0.717, 1.165) is 18.4 Å². The van der Waals surface area contributed by atoms with Crippen LogP contribution in [0.25, 0.3) is 0 Å². The third-order valence-corrected chi connectivity index (χ3v) is 3.37. The molecular formula is C18H24O3. The molecule has 0 bridgehead atoms. The average molecular weight is 288 g/mol. The van der Waals surface area contributed by atoms with Gasteiger partial charge in [0.25, 0.3) is 0 Å². The highest BCUT2D eigenvalue weighted by molar-refractivity contribution is 5.99. The lowest BCUT2D eigenvalue weighted by atomic mass is 9.94. The Morgan fingerprint density at radius 2 is 2.00 bits per heavy atom. The van der Waals surface area contributed by atoms with Crippen molar-refractivity contribution in [2.24, 2.45) is 5.92 Å². The first-order chi connectivity index (χ1) is 10.1. The minimum atomic E-state index is -0.651. The zero-order chi connectivity index (χ0) is 15.7. The van der Waals surface area contributed by atoms with Crippen molar-refractivity contribution in [3.8, 4) is 0 Å². The van der Waals surface area contributed by atoms with Gasteiger partial charge in [0.2, 0.25) is 0 Å². The van der Waals surface area contributed by atoms with Gasteiger partial charge in [-0.2, -0.15) is 0 Å². The molecule has 0 amide bonds. The number of ether oxygens (including phenoxy) is 1. The number of allylic oxidation sites excluding steroid dienone is 1. The summed E-state index contributed by atoms with van der Waals surface area (Å²) >= 11 is 0. The largest absolute Gasteiger partial charge is 0.465 e. The van der Waals surface area contributed by atoms with Gasteiger partial charge >= 0.3 is 5.97 Å². The normalized spacial score (nSPS) is 11.7. The highest BCUT2D eigenvalue weighted by Crippen LogP contribution is 2.14. The van der Waals surface area contributed by atoms with Gasteiger partial charge in [-0.25, -0.2) is 0 Å². The SMILES string of the molecule is C=CCCc1cccc(CC(=O)C(CC)C(=O)OCC)c1. The molecule has 3 nitrogen and oxygen atoms in total. The van der Waals surface area contributed by atoms with Crippen molar-refractivity contribution >= 4 is 11.8 Å². The van der Waals surface area contributed by atoms with Gasteiger partial charge in [-0.1, -0.05) is 37.3 Å². The maximum Gasteiger partial charge on any atom is 0.316 e. The number of hydrogen-bond acceptors (Lipinski definition) is 3. The van der Waals surface area contributed by atoms with E-state index in [9.17, 15) is 9.59 Å². The molecule has 21 heavy (non-hydrogen) atoms. The number of aryl methyl sites for hydroxylation is 1. The summed E-state index contributed by atoms with van der Waals surface area (Å²) in [7, 11) is 0. The van der Waals surface area contributed by atoms with Crippen molar-refractivity contribution in [3.63, 3.8) is 0 Å². The van der Waals surface area contributed by atoms with Crippen LogP contribution in [0.2, 0.25) is 0 Å². The number of rotatable bonds is 9. The summed E-state index contributed by atoms with van der Waals surface area (Å²) in [5, 5.41) is 0. The smallest absolute Gasteiger partial charge is 0.316 e. The highest BCUT2D eigenvalue weighted by atomic mass is 16.5. The van der Waals surface area contributed by atoms with Crippen LogP contribution >= 0.6 is 0 Å². The van der Waals surface area contributed by atoms with Gasteiger partial charge in [0.1, 0.15) is 5.92 Å². The Balaban J connectivity index is 2.72. The first-order valence-corrected chi connectivity index (χ1v) is 7.50. The maximum absolute atomic E-state index is 12.3. The molecule has 0 N–H and O–H groups in total. The van der Waals surface area contributed by atoms with Gasteiger partial charge in [-0.3, -0.25) is 9.59 Å². The van der Waals surface area contributed by atoms with Gasteiger partial charge in [0.15, 0.2) is 5.78 Å². The molecular weight excluding hydrogens is 264 g/mol. The number of carbonyl (C=O) groups is 2. The Labute approximate surface area is 127 Å². The molecule has 0 saturated heterocycles. The zero-order valence-corrected chi connectivity index (χ0v) is 12.9. The van der Waals surface area contributed by atoms with Crippen LogP contribution in [-0.2, 0) is 27.2 Å². The topological polar surface area (TPSA) is 43.4 Å². The number of carbonyl (C=O) groups excluding carboxylic acids is 2. The fourth-order valence-corrected chi connectivity index (χ4v) is 2.26. The third-order valence-electron chi connectivity index (χ3n) is 3.37. The zero-order valence-electron chi connectivity index (χ0n) is 12.9. The van der Waals surface area contributed by atoms with E-state index in [0.29, 0.717) is 13.0 Å². The van der Waals surface area contributed by atoms with Crippen molar-refractivity contribution < 1.29 is 14.3 Å². The van der Waals surface area contributed by atoms with Crippen LogP contribution in [0.4, 0.5) is 0 Å². The Bertz CT molecular complexity index is 491. The lowest BCUT2D eigenvalue weighted by Crippen LogP contribution is -2.27. The lowest BCUT2D eigenvalue weighted by molar-refractivity contribution is -0.151. The molecule has 1 aromatic carbocycles. The molecule has 1 atom stereocenters. The van der Waals surface area contributed by atoms with Crippen molar-refractivity contribution in [1.29, 1.82) is 0 Å². The van der Waals surface area contributed by atoms with Crippen LogP contribution in [0.3, 0.4) is 0 Å². The molecule has 0 heterocycles. The molecule has 0 aromatic heterocycles. The summed E-state index contributed by atoms with van der Waals surface area (Å²) in [6.07, 6.45) is 4.47. The number of esters is 1. The Morgan fingerprint density at radius 1 is 1.29 bits per heavy atom. The van der Waals surface area contributed by atoms with E-state index < -0.39 is 11.9 Å². The summed E-state index contributed by atoms with van der Waals surface area (Å²) in [6.45, 7) is 7.60. The van der Waals surface area contributed by atoms with Crippen LogP contribution in [0.1, 0.15) is 37.8 Å². The highest BCUT2D eigenvalue weighted by Gasteiger charge is 2.25. The van der Waals surface area contributed by atoms with E-state index in [1.807, 2.05) is 37.3 Å². The molecule has 0 aliphatic heterocycles. The fourth-order valence-electron chi connectivity index (χ4n) is 2.26. The van der Waals surface area contributed by atoms with Gasteiger partial charge in [0.05, 0.1) is 6.61 Å². The molecule has 0 fully saturated rings. The first-order valence-electron chi connectivity index (χ1n) is 7.50. The average Bonchev–Trinajstić information content (AvgIpc) is 2.46. The monoisotopic (exact) mass is 288 g/mol. The standard InChI is InChI=1S/C18H24O3/c1-4-7-9-14-10-8-11-15(12-14)13-17(19)16(5-2)18(20)21-6-3/h4,8,10-12,16H,1,5-7,9,13H2,2-3H3. The quantitative estimate of drug-likeness (QED) is 0.397.